The molecular formula is C28H37F2N3O4. The van der Waals surface area contributed by atoms with Crippen LogP contribution in [0.3, 0.4) is 0 Å². The number of halogens is 2. The van der Waals surface area contributed by atoms with Gasteiger partial charge in [0, 0.05) is 25.3 Å². The Labute approximate surface area is 217 Å². The van der Waals surface area contributed by atoms with E-state index in [0.717, 1.165) is 11.1 Å². The molecule has 3 rings (SSSR count). The molecular weight excluding hydrogens is 480 g/mol. The molecule has 0 radical (unpaired) electrons. The first-order valence-electron chi connectivity index (χ1n) is 12.6. The van der Waals surface area contributed by atoms with Crippen molar-refractivity contribution in [3.63, 3.8) is 0 Å². The predicted molar refractivity (Wildman–Crippen MR) is 138 cm³/mol. The molecule has 2 aromatic rings. The average molecular weight is 518 g/mol. The highest BCUT2D eigenvalue weighted by Crippen LogP contribution is 2.42. The number of alkyl halides is 2. The smallest absolute Gasteiger partial charge is 0.388 e. The second-order valence-corrected chi connectivity index (χ2v) is 10.8. The molecule has 0 bridgehead atoms. The van der Waals surface area contributed by atoms with Crippen LogP contribution in [0.2, 0.25) is 0 Å². The number of hydrogen-bond acceptors (Lipinski definition) is 6. The molecule has 1 aromatic heterocycles. The minimum atomic E-state index is -3.07. The first-order valence-corrected chi connectivity index (χ1v) is 12.6. The predicted octanol–water partition coefficient (Wildman–Crippen LogP) is 5.29. The third-order valence-corrected chi connectivity index (χ3v) is 6.55. The standard InChI is InChI=1S/C28H37F2N3O4/c1-7-36-23(34)14-27(5,6)15-33-16-28(17-33,21-11-9-8-10-20(21)18(2)3)25(35)32-22-13-12-19(4)31-24(22)37-26(29)30/h8-13,18,26H,7,14-17H2,1-6H3,(H,32,35). The van der Waals surface area contributed by atoms with Crippen molar-refractivity contribution in [2.75, 3.05) is 31.6 Å². The Balaban J connectivity index is 1.90. The minimum absolute atomic E-state index is 0.0957. The zero-order valence-corrected chi connectivity index (χ0v) is 22.4. The lowest BCUT2D eigenvalue weighted by Crippen LogP contribution is -2.66. The van der Waals surface area contributed by atoms with Crippen LogP contribution in [0.5, 0.6) is 5.88 Å². The molecule has 0 spiro atoms. The van der Waals surface area contributed by atoms with Crippen molar-refractivity contribution in [3.8, 4) is 5.88 Å². The fourth-order valence-electron chi connectivity index (χ4n) is 5.01. The molecule has 0 saturated carbocycles. The Morgan fingerprint density at radius 3 is 2.46 bits per heavy atom. The largest absolute Gasteiger partial charge is 0.466 e. The summed E-state index contributed by atoms with van der Waals surface area (Å²) in [4.78, 5) is 32.2. The lowest BCUT2D eigenvalue weighted by molar-refractivity contribution is -0.146. The molecule has 1 fully saturated rings. The quantitative estimate of drug-likeness (QED) is 0.408. The van der Waals surface area contributed by atoms with Crippen molar-refractivity contribution in [1.82, 2.24) is 9.88 Å². The Bertz CT molecular complexity index is 1110. The van der Waals surface area contributed by atoms with Crippen LogP contribution in [0, 0.1) is 12.3 Å². The monoisotopic (exact) mass is 517 g/mol. The van der Waals surface area contributed by atoms with Crippen LogP contribution in [0.15, 0.2) is 36.4 Å². The molecule has 1 amide bonds. The van der Waals surface area contributed by atoms with Gasteiger partial charge >= 0.3 is 12.6 Å². The highest BCUT2D eigenvalue weighted by atomic mass is 19.3. The van der Waals surface area contributed by atoms with Crippen LogP contribution in [0.4, 0.5) is 14.5 Å². The van der Waals surface area contributed by atoms with E-state index in [-0.39, 0.29) is 41.2 Å². The number of rotatable bonds is 11. The van der Waals surface area contributed by atoms with Crippen LogP contribution in [0.25, 0.3) is 0 Å². The number of aromatic nitrogens is 1. The number of aryl methyl sites for hydroxylation is 1. The molecule has 2 heterocycles. The first-order chi connectivity index (χ1) is 17.4. The van der Waals surface area contributed by atoms with Crippen molar-refractivity contribution >= 4 is 17.6 Å². The van der Waals surface area contributed by atoms with Crippen LogP contribution < -0.4 is 10.1 Å². The van der Waals surface area contributed by atoms with Gasteiger partial charge in [0.05, 0.1) is 18.4 Å². The lowest BCUT2D eigenvalue weighted by atomic mass is 9.69. The number of esters is 1. The lowest BCUT2D eigenvalue weighted by Gasteiger charge is -2.52. The van der Waals surface area contributed by atoms with Crippen molar-refractivity contribution < 1.29 is 27.8 Å². The van der Waals surface area contributed by atoms with Gasteiger partial charge in [-0.3, -0.25) is 14.5 Å². The van der Waals surface area contributed by atoms with Crippen LogP contribution in [-0.4, -0.2) is 54.6 Å². The summed E-state index contributed by atoms with van der Waals surface area (Å²) in [5.41, 5.74) is 1.28. The van der Waals surface area contributed by atoms with Crippen molar-refractivity contribution in [1.29, 1.82) is 0 Å². The summed E-state index contributed by atoms with van der Waals surface area (Å²) < 4.78 is 35.8. The second-order valence-electron chi connectivity index (χ2n) is 10.8. The number of ether oxygens (including phenoxy) is 2. The molecule has 0 unspecified atom stereocenters. The van der Waals surface area contributed by atoms with Gasteiger partial charge in [0.25, 0.3) is 0 Å². The normalized spacial score (nSPS) is 15.4. The van der Waals surface area contributed by atoms with Gasteiger partial charge in [-0.1, -0.05) is 52.0 Å². The Hall–Kier alpha value is -3.07. The molecule has 0 aliphatic carbocycles. The summed E-state index contributed by atoms with van der Waals surface area (Å²) >= 11 is 0. The summed E-state index contributed by atoms with van der Waals surface area (Å²) in [7, 11) is 0. The second kappa shape index (κ2) is 11.5. The Kier molecular flexibility index (Phi) is 8.89. The third-order valence-electron chi connectivity index (χ3n) is 6.55. The van der Waals surface area contributed by atoms with E-state index in [1.54, 1.807) is 19.9 Å². The summed E-state index contributed by atoms with van der Waals surface area (Å²) in [5.74, 6) is -0.707. The van der Waals surface area contributed by atoms with Crippen molar-refractivity contribution in [3.05, 3.63) is 53.2 Å². The SMILES string of the molecule is CCOC(=O)CC(C)(C)CN1CC(C(=O)Nc2ccc(C)nc2OC(F)F)(c2ccccc2C(C)C)C1. The number of nitrogens with one attached hydrogen (secondary N) is 1. The van der Waals surface area contributed by atoms with E-state index in [2.05, 4.69) is 33.8 Å². The van der Waals surface area contributed by atoms with E-state index < -0.39 is 12.0 Å². The zero-order chi connectivity index (χ0) is 27.4. The van der Waals surface area contributed by atoms with E-state index >= 15 is 0 Å². The van der Waals surface area contributed by atoms with E-state index in [1.807, 2.05) is 38.1 Å². The van der Waals surface area contributed by atoms with Crippen LogP contribution in [0.1, 0.15) is 63.8 Å². The number of pyridine rings is 1. The highest BCUT2D eigenvalue weighted by Gasteiger charge is 2.52. The maximum Gasteiger partial charge on any atom is 0.388 e. The number of likely N-dealkylation sites (tertiary alicyclic amines) is 1. The van der Waals surface area contributed by atoms with Gasteiger partial charge in [0.15, 0.2) is 0 Å². The number of carbonyl (C=O) groups excluding carboxylic acids is 2. The van der Waals surface area contributed by atoms with Crippen molar-refractivity contribution in [2.24, 2.45) is 5.41 Å². The van der Waals surface area contributed by atoms with Gasteiger partial charge in [-0.25, -0.2) is 4.98 Å². The number of nitrogens with zero attached hydrogens (tertiary/aromatic N) is 2. The average Bonchev–Trinajstić information content (AvgIpc) is 2.77. The van der Waals surface area contributed by atoms with E-state index in [1.165, 1.54) is 6.07 Å². The zero-order valence-electron chi connectivity index (χ0n) is 22.4. The van der Waals surface area contributed by atoms with Gasteiger partial charge in [-0.05, 0) is 48.4 Å². The maximum absolute atomic E-state index is 13.9. The summed E-state index contributed by atoms with van der Waals surface area (Å²) in [6, 6.07) is 11.0. The molecule has 1 aliphatic rings. The van der Waals surface area contributed by atoms with Crippen LogP contribution >= 0.6 is 0 Å². The molecule has 202 valence electrons. The van der Waals surface area contributed by atoms with Crippen molar-refractivity contribution in [2.45, 2.75) is 65.9 Å². The highest BCUT2D eigenvalue weighted by molar-refractivity contribution is 6.01. The number of hydrogen-bond donors (Lipinski definition) is 1. The number of anilines is 1. The molecule has 9 heteroatoms. The molecule has 1 aromatic carbocycles. The minimum Gasteiger partial charge on any atom is -0.466 e. The van der Waals surface area contributed by atoms with Gasteiger partial charge in [-0.2, -0.15) is 8.78 Å². The maximum atomic E-state index is 13.9. The van der Waals surface area contributed by atoms with Crippen LogP contribution in [-0.2, 0) is 19.7 Å². The fourth-order valence-corrected chi connectivity index (χ4v) is 5.01. The molecule has 1 N–H and O–H groups in total. The van der Waals surface area contributed by atoms with Gasteiger partial charge in [0.1, 0.15) is 5.69 Å². The molecule has 1 saturated heterocycles. The van der Waals surface area contributed by atoms with E-state index in [4.69, 9.17) is 4.74 Å². The molecule has 7 nitrogen and oxygen atoms in total. The first kappa shape index (κ1) is 28.5. The summed E-state index contributed by atoms with van der Waals surface area (Å²) in [6.07, 6.45) is 0.266. The number of carbonyl (C=O) groups is 2. The molecule has 0 atom stereocenters. The Morgan fingerprint density at radius 1 is 1.16 bits per heavy atom. The van der Waals surface area contributed by atoms with Gasteiger partial charge < -0.3 is 14.8 Å². The van der Waals surface area contributed by atoms with Gasteiger partial charge in [-0.15, -0.1) is 0 Å². The number of benzene rings is 1. The summed E-state index contributed by atoms with van der Waals surface area (Å²) in [6.45, 7) is 10.3. The topological polar surface area (TPSA) is 80.8 Å². The fraction of sp³-hybridized carbons (Fsp3) is 0.536. The number of amides is 1. The summed E-state index contributed by atoms with van der Waals surface area (Å²) in [5, 5.41) is 2.82. The van der Waals surface area contributed by atoms with E-state index in [0.29, 0.717) is 31.9 Å². The van der Waals surface area contributed by atoms with Gasteiger partial charge in [0.2, 0.25) is 11.8 Å². The van der Waals surface area contributed by atoms with E-state index in [9.17, 15) is 18.4 Å². The Morgan fingerprint density at radius 2 is 1.84 bits per heavy atom. The molecule has 37 heavy (non-hydrogen) atoms. The third kappa shape index (κ3) is 6.83. The molecule has 1 aliphatic heterocycles.